The Morgan fingerprint density at radius 1 is 1.24 bits per heavy atom. The quantitative estimate of drug-likeness (QED) is 0.790. The van der Waals surface area contributed by atoms with Crippen molar-refractivity contribution in [2.24, 2.45) is 0 Å². The van der Waals surface area contributed by atoms with E-state index in [1.165, 1.54) is 6.07 Å². The Kier molecular flexibility index (Phi) is 3.90. The van der Waals surface area contributed by atoms with Gasteiger partial charge in [-0.3, -0.25) is 0 Å². The zero-order valence-electron chi connectivity index (χ0n) is 11.6. The molecule has 3 nitrogen and oxygen atoms in total. The van der Waals surface area contributed by atoms with Crippen LogP contribution in [0.5, 0.6) is 0 Å². The fourth-order valence-corrected chi connectivity index (χ4v) is 2.46. The number of hydrogen-bond donors (Lipinski definition) is 1. The van der Waals surface area contributed by atoms with Gasteiger partial charge >= 0.3 is 0 Å². The van der Waals surface area contributed by atoms with Gasteiger partial charge in [-0.25, -0.2) is 9.37 Å². The Bertz CT molecular complexity index is 769. The molecule has 0 saturated carbocycles. The molecule has 1 unspecified atom stereocenters. The van der Waals surface area contributed by atoms with Gasteiger partial charge in [-0.15, -0.1) is 0 Å². The van der Waals surface area contributed by atoms with Crippen molar-refractivity contribution in [3.05, 3.63) is 70.9 Å². The fourth-order valence-electron chi connectivity index (χ4n) is 2.30. The predicted octanol–water partition coefficient (Wildman–Crippen LogP) is 3.98. The lowest BCUT2D eigenvalue weighted by atomic mass is 10.1. The molecular weight excluding hydrogens is 289 g/mol. The van der Waals surface area contributed by atoms with E-state index in [2.05, 4.69) is 10.3 Å². The van der Waals surface area contributed by atoms with Crippen LogP contribution in [0.2, 0.25) is 5.02 Å². The largest absolute Gasteiger partial charge is 0.305 e. The Morgan fingerprint density at radius 2 is 2.05 bits per heavy atom. The van der Waals surface area contributed by atoms with Crippen LogP contribution in [0.4, 0.5) is 4.39 Å². The lowest BCUT2D eigenvalue weighted by molar-refractivity contribution is 0.525. The maximum absolute atomic E-state index is 13.7. The van der Waals surface area contributed by atoms with Gasteiger partial charge in [0, 0.05) is 30.5 Å². The van der Waals surface area contributed by atoms with Gasteiger partial charge in [0.1, 0.15) is 11.5 Å². The van der Waals surface area contributed by atoms with Crippen molar-refractivity contribution >= 4 is 17.2 Å². The molecule has 0 spiro atoms. The van der Waals surface area contributed by atoms with Crippen molar-refractivity contribution < 1.29 is 4.39 Å². The van der Waals surface area contributed by atoms with Crippen LogP contribution in [0.3, 0.4) is 0 Å². The highest BCUT2D eigenvalue weighted by Gasteiger charge is 2.10. The molecule has 0 aliphatic heterocycles. The number of nitrogens with zero attached hydrogens (tertiary/aromatic N) is 2. The molecule has 108 valence electrons. The maximum Gasteiger partial charge on any atom is 0.137 e. The van der Waals surface area contributed by atoms with Crippen LogP contribution < -0.4 is 5.32 Å². The zero-order valence-corrected chi connectivity index (χ0v) is 12.3. The zero-order chi connectivity index (χ0) is 14.8. The van der Waals surface area contributed by atoms with E-state index < -0.39 is 0 Å². The minimum absolute atomic E-state index is 0.0837. The van der Waals surface area contributed by atoms with Crippen LogP contribution in [0, 0.1) is 5.82 Å². The van der Waals surface area contributed by atoms with Crippen LogP contribution >= 0.6 is 11.6 Å². The van der Waals surface area contributed by atoms with E-state index in [-0.39, 0.29) is 11.9 Å². The molecule has 3 aromatic rings. The van der Waals surface area contributed by atoms with E-state index in [4.69, 9.17) is 11.6 Å². The minimum Gasteiger partial charge on any atom is -0.305 e. The third-order valence-electron chi connectivity index (χ3n) is 3.43. The number of benzene rings is 1. The Balaban J connectivity index is 1.73. The van der Waals surface area contributed by atoms with Crippen molar-refractivity contribution in [3.63, 3.8) is 0 Å². The highest BCUT2D eigenvalue weighted by molar-refractivity contribution is 6.30. The second-order valence-corrected chi connectivity index (χ2v) is 5.41. The summed E-state index contributed by atoms with van der Waals surface area (Å²) in [5, 5.41) is 3.95. The summed E-state index contributed by atoms with van der Waals surface area (Å²) in [6, 6.07) is 10.4. The molecule has 1 aromatic carbocycles. The summed E-state index contributed by atoms with van der Waals surface area (Å²) in [7, 11) is 0. The van der Waals surface area contributed by atoms with Gasteiger partial charge in [-0.1, -0.05) is 29.8 Å². The molecule has 0 amide bonds. The number of nitrogens with one attached hydrogen (secondary N) is 1. The second-order valence-electron chi connectivity index (χ2n) is 4.97. The third-order valence-corrected chi connectivity index (χ3v) is 3.65. The van der Waals surface area contributed by atoms with Crippen molar-refractivity contribution in [3.8, 4) is 0 Å². The topological polar surface area (TPSA) is 29.3 Å². The lowest BCUT2D eigenvalue weighted by Gasteiger charge is -2.13. The molecule has 2 heterocycles. The molecule has 1 atom stereocenters. The number of hydrogen-bond acceptors (Lipinski definition) is 2. The van der Waals surface area contributed by atoms with Crippen LogP contribution in [-0.2, 0) is 6.54 Å². The number of rotatable bonds is 4. The summed E-state index contributed by atoms with van der Waals surface area (Å²) < 4.78 is 15.6. The van der Waals surface area contributed by atoms with E-state index in [1.807, 2.05) is 41.9 Å². The first kappa shape index (κ1) is 14.0. The van der Waals surface area contributed by atoms with Gasteiger partial charge in [0.2, 0.25) is 0 Å². The van der Waals surface area contributed by atoms with Gasteiger partial charge in [0.05, 0.1) is 10.7 Å². The van der Waals surface area contributed by atoms with Crippen LogP contribution in [0.25, 0.3) is 5.65 Å². The number of pyridine rings is 1. The summed E-state index contributed by atoms with van der Waals surface area (Å²) in [5.41, 5.74) is 2.39. The molecule has 0 aliphatic carbocycles. The summed E-state index contributed by atoms with van der Waals surface area (Å²) in [6.45, 7) is 2.50. The van der Waals surface area contributed by atoms with Gasteiger partial charge in [0.25, 0.3) is 0 Å². The van der Waals surface area contributed by atoms with Crippen molar-refractivity contribution in [1.82, 2.24) is 14.7 Å². The molecule has 0 radical (unpaired) electrons. The van der Waals surface area contributed by atoms with Crippen LogP contribution in [0.15, 0.2) is 48.8 Å². The monoisotopic (exact) mass is 303 g/mol. The average Bonchev–Trinajstić information content (AvgIpc) is 2.87. The Hall–Kier alpha value is -1.91. The molecule has 1 N–H and O–H groups in total. The maximum atomic E-state index is 13.7. The molecule has 0 saturated heterocycles. The SMILES string of the molecule is CC(NCc1cn2cc(Cl)ccc2n1)c1ccccc1F. The van der Waals surface area contributed by atoms with E-state index in [0.717, 1.165) is 11.3 Å². The molecule has 3 rings (SSSR count). The van der Waals surface area contributed by atoms with E-state index in [0.29, 0.717) is 17.1 Å². The van der Waals surface area contributed by atoms with Crippen molar-refractivity contribution in [1.29, 1.82) is 0 Å². The van der Waals surface area contributed by atoms with E-state index in [1.54, 1.807) is 12.1 Å². The Morgan fingerprint density at radius 3 is 2.86 bits per heavy atom. The summed E-state index contributed by atoms with van der Waals surface area (Å²) in [6.07, 6.45) is 3.73. The van der Waals surface area contributed by atoms with Crippen LogP contribution in [0.1, 0.15) is 24.2 Å². The van der Waals surface area contributed by atoms with Crippen LogP contribution in [-0.4, -0.2) is 9.38 Å². The summed E-state index contributed by atoms with van der Waals surface area (Å²) >= 11 is 5.95. The Labute approximate surface area is 127 Å². The molecular formula is C16H15ClFN3. The normalized spacial score (nSPS) is 12.7. The second kappa shape index (κ2) is 5.84. The summed E-state index contributed by atoms with van der Waals surface area (Å²) in [4.78, 5) is 4.49. The van der Waals surface area contributed by atoms with E-state index >= 15 is 0 Å². The van der Waals surface area contributed by atoms with E-state index in [9.17, 15) is 4.39 Å². The predicted molar refractivity (Wildman–Crippen MR) is 81.9 cm³/mol. The van der Waals surface area contributed by atoms with Gasteiger partial charge < -0.3 is 9.72 Å². The average molecular weight is 304 g/mol. The number of fused-ring (bicyclic) bond motifs is 1. The first-order valence-electron chi connectivity index (χ1n) is 6.74. The first-order chi connectivity index (χ1) is 10.1. The molecule has 21 heavy (non-hydrogen) atoms. The van der Waals surface area contributed by atoms with Gasteiger partial charge in [0.15, 0.2) is 0 Å². The summed E-state index contributed by atoms with van der Waals surface area (Å²) in [5.74, 6) is -0.195. The molecule has 0 aliphatic rings. The molecule has 5 heteroatoms. The number of aromatic nitrogens is 2. The molecule has 0 bridgehead atoms. The smallest absolute Gasteiger partial charge is 0.137 e. The van der Waals surface area contributed by atoms with Gasteiger partial charge in [-0.05, 0) is 25.1 Å². The molecule has 2 aromatic heterocycles. The minimum atomic E-state index is -0.195. The highest BCUT2D eigenvalue weighted by Crippen LogP contribution is 2.17. The lowest BCUT2D eigenvalue weighted by Crippen LogP contribution is -2.19. The third kappa shape index (κ3) is 3.06. The molecule has 0 fully saturated rings. The highest BCUT2D eigenvalue weighted by atomic mass is 35.5. The first-order valence-corrected chi connectivity index (χ1v) is 7.12. The number of imidazole rings is 1. The number of halogens is 2. The standard InChI is InChI=1S/C16H15ClFN3/c1-11(14-4-2-3-5-15(14)18)19-8-13-10-21-9-12(17)6-7-16(21)20-13/h2-7,9-11,19H,8H2,1H3. The fraction of sp³-hybridized carbons (Fsp3) is 0.188. The van der Waals surface area contributed by atoms with Crippen molar-refractivity contribution in [2.45, 2.75) is 19.5 Å². The van der Waals surface area contributed by atoms with Gasteiger partial charge in [-0.2, -0.15) is 0 Å². The van der Waals surface area contributed by atoms with Crippen molar-refractivity contribution in [2.75, 3.05) is 0 Å².